The molecule has 0 bridgehead atoms. The van der Waals surface area contributed by atoms with Crippen LogP contribution in [0.25, 0.3) is 0 Å². The average Bonchev–Trinajstić information content (AvgIpc) is 2.55. The van der Waals surface area contributed by atoms with Crippen LogP contribution in [0.5, 0.6) is 0 Å². The smallest absolute Gasteiger partial charge is 0.00714 e. The Bertz CT molecular complexity index is 400. The molecule has 17 heavy (non-hydrogen) atoms. The van der Waals surface area contributed by atoms with Crippen LogP contribution in [0.4, 0.5) is 0 Å². The molecule has 1 aliphatic carbocycles. The van der Waals surface area contributed by atoms with E-state index in [1.807, 2.05) is 0 Å². The van der Waals surface area contributed by atoms with Gasteiger partial charge in [0.25, 0.3) is 0 Å². The van der Waals surface area contributed by atoms with E-state index in [9.17, 15) is 0 Å². The summed E-state index contributed by atoms with van der Waals surface area (Å²) in [7, 11) is 0. The van der Waals surface area contributed by atoms with Crippen molar-refractivity contribution in [1.29, 1.82) is 0 Å². The van der Waals surface area contributed by atoms with Crippen LogP contribution >= 0.6 is 0 Å². The number of hydrogen-bond acceptors (Lipinski definition) is 1. The molecule has 0 radical (unpaired) electrons. The molecule has 0 aromatic heterocycles. The minimum atomic E-state index is 0.244. The van der Waals surface area contributed by atoms with Crippen LogP contribution in [0.15, 0.2) is 18.2 Å². The van der Waals surface area contributed by atoms with E-state index in [-0.39, 0.29) is 5.41 Å². The number of benzene rings is 1. The Balaban J connectivity index is 2.40. The maximum absolute atomic E-state index is 5.73. The van der Waals surface area contributed by atoms with Crippen LogP contribution in [-0.2, 0) is 5.41 Å². The van der Waals surface area contributed by atoms with E-state index in [0.29, 0.717) is 11.8 Å². The van der Waals surface area contributed by atoms with Crippen LogP contribution in [0, 0.1) is 0 Å². The molecule has 0 fully saturated rings. The molecule has 2 N–H and O–H groups in total. The predicted octanol–water partition coefficient (Wildman–Crippen LogP) is 3.92. The van der Waals surface area contributed by atoms with Crippen molar-refractivity contribution in [2.24, 2.45) is 5.73 Å². The minimum Gasteiger partial charge on any atom is -0.330 e. The lowest BCUT2D eigenvalue weighted by Crippen LogP contribution is -2.12. The first kappa shape index (κ1) is 12.6. The molecule has 0 amide bonds. The summed E-state index contributed by atoms with van der Waals surface area (Å²) in [5, 5.41) is 0. The zero-order valence-corrected chi connectivity index (χ0v) is 11.6. The first-order valence-corrected chi connectivity index (χ1v) is 6.78. The summed E-state index contributed by atoms with van der Waals surface area (Å²) in [4.78, 5) is 0. The van der Waals surface area contributed by atoms with Gasteiger partial charge in [0.15, 0.2) is 0 Å². The van der Waals surface area contributed by atoms with Crippen molar-refractivity contribution in [2.45, 2.75) is 57.8 Å². The maximum atomic E-state index is 5.73. The molecule has 2 rings (SSSR count). The molecule has 2 atom stereocenters. The highest BCUT2D eigenvalue weighted by atomic mass is 14.5. The number of hydrogen-bond donors (Lipinski definition) is 1. The third-order valence-corrected chi connectivity index (χ3v) is 4.08. The van der Waals surface area contributed by atoms with Gasteiger partial charge in [0, 0.05) is 0 Å². The van der Waals surface area contributed by atoms with Gasteiger partial charge in [-0.1, -0.05) is 45.9 Å². The van der Waals surface area contributed by atoms with Gasteiger partial charge >= 0.3 is 0 Å². The van der Waals surface area contributed by atoms with Crippen molar-refractivity contribution in [3.8, 4) is 0 Å². The molecule has 1 aromatic carbocycles. The molecular formula is C16H25N. The van der Waals surface area contributed by atoms with Crippen molar-refractivity contribution in [3.63, 3.8) is 0 Å². The van der Waals surface area contributed by atoms with Crippen molar-refractivity contribution >= 4 is 0 Å². The molecule has 94 valence electrons. The topological polar surface area (TPSA) is 26.0 Å². The van der Waals surface area contributed by atoms with E-state index in [4.69, 9.17) is 5.73 Å². The summed E-state index contributed by atoms with van der Waals surface area (Å²) >= 11 is 0. The fraction of sp³-hybridized carbons (Fsp3) is 0.625. The largest absolute Gasteiger partial charge is 0.330 e. The SMILES string of the molecule is CC1CC(CCN)c2cc(C(C)(C)C)ccc21. The van der Waals surface area contributed by atoms with Gasteiger partial charge in [-0.2, -0.15) is 0 Å². The molecule has 0 spiro atoms. The molecular weight excluding hydrogens is 206 g/mol. The Morgan fingerprint density at radius 1 is 1.24 bits per heavy atom. The highest BCUT2D eigenvalue weighted by Crippen LogP contribution is 2.44. The maximum Gasteiger partial charge on any atom is -0.00714 e. The van der Waals surface area contributed by atoms with E-state index in [0.717, 1.165) is 13.0 Å². The van der Waals surface area contributed by atoms with Crippen LogP contribution in [0.1, 0.15) is 69.1 Å². The Labute approximate surface area is 105 Å². The van der Waals surface area contributed by atoms with E-state index < -0.39 is 0 Å². The zero-order chi connectivity index (χ0) is 12.6. The first-order valence-electron chi connectivity index (χ1n) is 6.78. The molecule has 0 aliphatic heterocycles. The van der Waals surface area contributed by atoms with E-state index in [2.05, 4.69) is 45.9 Å². The van der Waals surface area contributed by atoms with Gasteiger partial charge in [0.2, 0.25) is 0 Å². The van der Waals surface area contributed by atoms with Gasteiger partial charge in [-0.15, -0.1) is 0 Å². The standard InChI is InChI=1S/C16H25N/c1-11-9-12(7-8-17)15-10-13(16(2,3)4)5-6-14(11)15/h5-6,10-12H,7-9,17H2,1-4H3. The van der Waals surface area contributed by atoms with Gasteiger partial charge in [0.1, 0.15) is 0 Å². The minimum absolute atomic E-state index is 0.244. The van der Waals surface area contributed by atoms with Crippen molar-refractivity contribution < 1.29 is 0 Å². The van der Waals surface area contributed by atoms with Gasteiger partial charge in [-0.25, -0.2) is 0 Å². The molecule has 1 heteroatoms. The molecule has 2 unspecified atom stereocenters. The summed E-state index contributed by atoms with van der Waals surface area (Å²) in [5.74, 6) is 1.39. The number of rotatable bonds is 2. The molecule has 1 aromatic rings. The zero-order valence-electron chi connectivity index (χ0n) is 11.6. The second-order valence-electron chi connectivity index (χ2n) is 6.50. The lowest BCUT2D eigenvalue weighted by molar-refractivity contribution is 0.577. The van der Waals surface area contributed by atoms with E-state index in [1.165, 1.54) is 12.0 Å². The van der Waals surface area contributed by atoms with E-state index in [1.54, 1.807) is 11.1 Å². The van der Waals surface area contributed by atoms with Gasteiger partial charge in [-0.3, -0.25) is 0 Å². The second-order valence-corrected chi connectivity index (χ2v) is 6.50. The average molecular weight is 231 g/mol. The van der Waals surface area contributed by atoms with E-state index >= 15 is 0 Å². The van der Waals surface area contributed by atoms with Gasteiger partial charge < -0.3 is 5.73 Å². The Kier molecular flexibility index (Phi) is 3.31. The van der Waals surface area contributed by atoms with Gasteiger partial charge in [-0.05, 0) is 53.3 Å². The van der Waals surface area contributed by atoms with Gasteiger partial charge in [0.05, 0.1) is 0 Å². The first-order chi connectivity index (χ1) is 7.93. The Hall–Kier alpha value is -0.820. The van der Waals surface area contributed by atoms with Crippen molar-refractivity contribution in [3.05, 3.63) is 34.9 Å². The van der Waals surface area contributed by atoms with Crippen LogP contribution in [0.3, 0.4) is 0 Å². The molecule has 1 nitrogen and oxygen atoms in total. The summed E-state index contributed by atoms with van der Waals surface area (Å²) in [5.41, 5.74) is 10.5. The molecule has 0 saturated heterocycles. The molecule has 0 saturated carbocycles. The highest BCUT2D eigenvalue weighted by Gasteiger charge is 2.28. The van der Waals surface area contributed by atoms with Crippen LogP contribution in [-0.4, -0.2) is 6.54 Å². The lowest BCUT2D eigenvalue weighted by Gasteiger charge is -2.21. The van der Waals surface area contributed by atoms with Crippen LogP contribution < -0.4 is 5.73 Å². The summed E-state index contributed by atoms with van der Waals surface area (Å²) < 4.78 is 0. The number of nitrogens with two attached hydrogens (primary N) is 1. The fourth-order valence-corrected chi connectivity index (χ4v) is 3.00. The quantitative estimate of drug-likeness (QED) is 0.820. The normalized spacial score (nSPS) is 23.8. The summed E-state index contributed by atoms with van der Waals surface area (Å²) in [6, 6.07) is 7.08. The molecule has 0 heterocycles. The predicted molar refractivity (Wildman–Crippen MR) is 74.6 cm³/mol. The third-order valence-electron chi connectivity index (χ3n) is 4.08. The fourth-order valence-electron chi connectivity index (χ4n) is 3.00. The summed E-state index contributed by atoms with van der Waals surface area (Å²) in [6.45, 7) is 9.99. The van der Waals surface area contributed by atoms with Crippen molar-refractivity contribution in [2.75, 3.05) is 6.54 Å². The van der Waals surface area contributed by atoms with Crippen LogP contribution in [0.2, 0.25) is 0 Å². The Morgan fingerprint density at radius 3 is 2.53 bits per heavy atom. The highest BCUT2D eigenvalue weighted by molar-refractivity contribution is 5.42. The second kappa shape index (κ2) is 4.45. The monoisotopic (exact) mass is 231 g/mol. The third kappa shape index (κ3) is 2.40. The summed E-state index contributed by atoms with van der Waals surface area (Å²) in [6.07, 6.45) is 2.41. The molecule has 1 aliphatic rings. The Morgan fingerprint density at radius 2 is 1.94 bits per heavy atom. The lowest BCUT2D eigenvalue weighted by atomic mass is 9.84. The van der Waals surface area contributed by atoms with Crippen molar-refractivity contribution in [1.82, 2.24) is 0 Å². The number of fused-ring (bicyclic) bond motifs is 1.